The van der Waals surface area contributed by atoms with Crippen LogP contribution in [-0.2, 0) is 4.74 Å². The Morgan fingerprint density at radius 3 is 2.90 bits per heavy atom. The fraction of sp³-hybridized carbons (Fsp3) is 0.600. The molecule has 3 unspecified atom stereocenters. The second kappa shape index (κ2) is 6.61. The van der Waals surface area contributed by atoms with Crippen molar-refractivity contribution in [1.82, 2.24) is 4.90 Å². The zero-order valence-electron chi connectivity index (χ0n) is 11.9. The Kier molecular flexibility index (Phi) is 5.07. The van der Waals surface area contributed by atoms with Gasteiger partial charge in [-0.05, 0) is 19.4 Å². The molecule has 0 spiro atoms. The molecule has 1 N–H and O–H groups in total. The van der Waals surface area contributed by atoms with Crippen LogP contribution in [0.15, 0.2) is 18.2 Å². The smallest absolute Gasteiger partial charge is 0.164 e. The monoisotopic (exact) mass is 285 g/mol. The number of ether oxygens (including phenoxy) is 1. The van der Waals surface area contributed by atoms with Crippen LogP contribution in [-0.4, -0.2) is 41.8 Å². The third-order valence-electron chi connectivity index (χ3n) is 3.80. The lowest BCUT2D eigenvalue weighted by Crippen LogP contribution is -2.49. The van der Waals surface area contributed by atoms with Gasteiger partial charge >= 0.3 is 0 Å². The van der Waals surface area contributed by atoms with Crippen molar-refractivity contribution in [3.63, 3.8) is 0 Å². The zero-order valence-corrected chi connectivity index (χ0v) is 11.9. The van der Waals surface area contributed by atoms with Crippen LogP contribution < -0.4 is 0 Å². The first-order valence-electron chi connectivity index (χ1n) is 7.00. The molecular formula is C15H21F2NO2. The van der Waals surface area contributed by atoms with Gasteiger partial charge in [0.2, 0.25) is 0 Å². The summed E-state index contributed by atoms with van der Waals surface area (Å²) in [4.78, 5) is 2.09. The quantitative estimate of drug-likeness (QED) is 0.922. The highest BCUT2D eigenvalue weighted by Crippen LogP contribution is 2.23. The summed E-state index contributed by atoms with van der Waals surface area (Å²) in [6.07, 6.45) is -0.0576. The van der Waals surface area contributed by atoms with Crippen LogP contribution in [0.2, 0.25) is 0 Å². The van der Waals surface area contributed by atoms with Gasteiger partial charge in [0.05, 0.1) is 18.8 Å². The predicted molar refractivity (Wildman–Crippen MR) is 72.4 cm³/mol. The van der Waals surface area contributed by atoms with E-state index in [0.717, 1.165) is 12.5 Å². The van der Waals surface area contributed by atoms with E-state index in [1.54, 1.807) is 0 Å². The van der Waals surface area contributed by atoms with E-state index in [9.17, 15) is 13.9 Å². The van der Waals surface area contributed by atoms with Gasteiger partial charge < -0.3 is 9.84 Å². The van der Waals surface area contributed by atoms with Crippen LogP contribution in [0.5, 0.6) is 0 Å². The van der Waals surface area contributed by atoms with Crippen LogP contribution >= 0.6 is 0 Å². The molecule has 0 bridgehead atoms. The second-order valence-corrected chi connectivity index (χ2v) is 5.32. The van der Waals surface area contributed by atoms with Crippen LogP contribution in [0.1, 0.15) is 31.9 Å². The third-order valence-corrected chi connectivity index (χ3v) is 3.80. The highest BCUT2D eigenvalue weighted by Gasteiger charge is 2.28. The Balaban J connectivity index is 2.09. The summed E-state index contributed by atoms with van der Waals surface area (Å²) < 4.78 is 32.5. The van der Waals surface area contributed by atoms with Crippen molar-refractivity contribution in [2.45, 2.75) is 38.5 Å². The summed E-state index contributed by atoms with van der Waals surface area (Å²) >= 11 is 0. The Bertz CT molecular complexity index is 455. The van der Waals surface area contributed by atoms with Gasteiger partial charge in [-0.15, -0.1) is 0 Å². The van der Waals surface area contributed by atoms with Gasteiger partial charge in [-0.3, -0.25) is 4.90 Å². The van der Waals surface area contributed by atoms with E-state index in [1.807, 2.05) is 13.8 Å². The molecule has 1 aromatic carbocycles. The predicted octanol–water partition coefficient (Wildman–Crippen LogP) is 2.50. The van der Waals surface area contributed by atoms with Crippen molar-refractivity contribution in [1.29, 1.82) is 0 Å². The molecule has 20 heavy (non-hydrogen) atoms. The zero-order chi connectivity index (χ0) is 14.7. The molecule has 5 heteroatoms. The summed E-state index contributed by atoms with van der Waals surface area (Å²) in [7, 11) is 0. The first-order valence-corrected chi connectivity index (χ1v) is 7.00. The maximum Gasteiger partial charge on any atom is 0.164 e. The van der Waals surface area contributed by atoms with Crippen molar-refractivity contribution >= 4 is 0 Å². The van der Waals surface area contributed by atoms with Gasteiger partial charge in [-0.2, -0.15) is 0 Å². The third kappa shape index (κ3) is 3.34. The molecule has 1 saturated heterocycles. The largest absolute Gasteiger partial charge is 0.387 e. The van der Waals surface area contributed by atoms with Crippen molar-refractivity contribution < 1.29 is 18.6 Å². The molecule has 3 nitrogen and oxygen atoms in total. The fourth-order valence-corrected chi connectivity index (χ4v) is 2.61. The normalized spacial score (nSPS) is 25.6. The topological polar surface area (TPSA) is 32.7 Å². The summed E-state index contributed by atoms with van der Waals surface area (Å²) in [6, 6.07) is 4.10. The number of hydrogen-bond acceptors (Lipinski definition) is 3. The lowest BCUT2D eigenvalue weighted by molar-refractivity contribution is -0.0684. The second-order valence-electron chi connectivity index (χ2n) is 5.32. The van der Waals surface area contributed by atoms with Crippen LogP contribution in [0.3, 0.4) is 0 Å². The maximum absolute atomic E-state index is 13.7. The number of aliphatic hydroxyl groups excluding tert-OH is 1. The molecule has 1 aliphatic heterocycles. The standard InChI is InChI=1S/C15H21F2NO2/c1-3-11-9-20-10(2)7-18(11)8-14(19)12-5-4-6-13(16)15(12)17/h4-6,10-11,14,19H,3,7-9H2,1-2H3. The number of hydrogen-bond donors (Lipinski definition) is 1. The van der Waals surface area contributed by atoms with E-state index in [0.29, 0.717) is 13.2 Å². The minimum Gasteiger partial charge on any atom is -0.387 e. The molecule has 1 heterocycles. The number of halogens is 2. The average Bonchev–Trinajstić information content (AvgIpc) is 2.42. The van der Waals surface area contributed by atoms with E-state index in [4.69, 9.17) is 4.74 Å². The van der Waals surface area contributed by atoms with Gasteiger partial charge in [-0.1, -0.05) is 19.1 Å². The van der Waals surface area contributed by atoms with E-state index in [-0.39, 0.29) is 24.3 Å². The van der Waals surface area contributed by atoms with Crippen molar-refractivity contribution in [2.75, 3.05) is 19.7 Å². The summed E-state index contributed by atoms with van der Waals surface area (Å²) in [6.45, 7) is 5.59. The van der Waals surface area contributed by atoms with Gasteiger partial charge in [0.25, 0.3) is 0 Å². The summed E-state index contributed by atoms with van der Waals surface area (Å²) in [5.41, 5.74) is 0.0130. The highest BCUT2D eigenvalue weighted by atomic mass is 19.2. The number of rotatable bonds is 4. The SMILES string of the molecule is CCC1COC(C)CN1CC(O)c1cccc(F)c1F. The lowest BCUT2D eigenvalue weighted by Gasteiger charge is -2.39. The minimum atomic E-state index is -1.04. The Hall–Kier alpha value is -1.04. The van der Waals surface area contributed by atoms with Crippen molar-refractivity contribution in [2.24, 2.45) is 0 Å². The Morgan fingerprint density at radius 2 is 2.20 bits per heavy atom. The Labute approximate surface area is 118 Å². The van der Waals surface area contributed by atoms with Gasteiger partial charge in [0.15, 0.2) is 11.6 Å². The van der Waals surface area contributed by atoms with Crippen molar-refractivity contribution in [3.05, 3.63) is 35.4 Å². The number of benzene rings is 1. The summed E-state index contributed by atoms with van der Waals surface area (Å²) in [5.74, 6) is -1.89. The van der Waals surface area contributed by atoms with E-state index in [2.05, 4.69) is 4.90 Å². The molecule has 0 aromatic heterocycles. The van der Waals surface area contributed by atoms with Gasteiger partial charge in [0, 0.05) is 24.7 Å². The van der Waals surface area contributed by atoms with E-state index in [1.165, 1.54) is 12.1 Å². The Morgan fingerprint density at radius 1 is 1.45 bits per heavy atom. The van der Waals surface area contributed by atoms with Crippen LogP contribution in [0.25, 0.3) is 0 Å². The van der Waals surface area contributed by atoms with Crippen LogP contribution in [0.4, 0.5) is 8.78 Å². The molecule has 1 aliphatic rings. The fourth-order valence-electron chi connectivity index (χ4n) is 2.61. The molecule has 1 aromatic rings. The molecule has 0 amide bonds. The summed E-state index contributed by atoms with van der Waals surface area (Å²) in [5, 5.41) is 10.2. The average molecular weight is 285 g/mol. The van der Waals surface area contributed by atoms with Crippen molar-refractivity contribution in [3.8, 4) is 0 Å². The van der Waals surface area contributed by atoms with E-state index >= 15 is 0 Å². The number of nitrogens with zero attached hydrogens (tertiary/aromatic N) is 1. The van der Waals surface area contributed by atoms with Gasteiger partial charge in [0.1, 0.15) is 0 Å². The molecular weight excluding hydrogens is 264 g/mol. The molecule has 1 fully saturated rings. The first kappa shape index (κ1) is 15.4. The van der Waals surface area contributed by atoms with E-state index < -0.39 is 17.7 Å². The number of aliphatic hydroxyl groups is 1. The lowest BCUT2D eigenvalue weighted by atomic mass is 10.1. The molecule has 0 aliphatic carbocycles. The van der Waals surface area contributed by atoms with Crippen LogP contribution in [0, 0.1) is 11.6 Å². The molecule has 0 saturated carbocycles. The maximum atomic E-state index is 13.7. The number of β-amino-alcohol motifs (C(OH)–C–C–N with tert-alkyl or cyclic N) is 1. The first-order chi connectivity index (χ1) is 9.52. The highest BCUT2D eigenvalue weighted by molar-refractivity contribution is 5.21. The minimum absolute atomic E-state index is 0.0130. The molecule has 0 radical (unpaired) electrons. The molecule has 3 atom stereocenters. The molecule has 2 rings (SSSR count). The number of morpholine rings is 1. The molecule has 112 valence electrons. The van der Waals surface area contributed by atoms with Gasteiger partial charge in [-0.25, -0.2) is 8.78 Å².